The number of carboxylic acids is 4. The first-order valence-corrected chi connectivity index (χ1v) is 26.7. The van der Waals surface area contributed by atoms with E-state index in [-0.39, 0.29) is 100 Å². The van der Waals surface area contributed by atoms with Gasteiger partial charge in [0.25, 0.3) is 0 Å². The molecule has 0 fully saturated rings. The summed E-state index contributed by atoms with van der Waals surface area (Å²) in [5.74, 6) is -8.84. The van der Waals surface area contributed by atoms with E-state index in [9.17, 15) is 63.3 Å². The van der Waals surface area contributed by atoms with E-state index < -0.39 is 59.8 Å². The summed E-state index contributed by atoms with van der Waals surface area (Å²) in [7, 11) is 0. The first-order valence-electron chi connectivity index (χ1n) is 26.7. The fourth-order valence-electron chi connectivity index (χ4n) is 7.98. The van der Waals surface area contributed by atoms with Gasteiger partial charge in [0, 0.05) is 77.0 Å². The Kier molecular flexibility index (Phi) is 45.7. The van der Waals surface area contributed by atoms with Crippen molar-refractivity contribution in [3.8, 4) is 0 Å². The van der Waals surface area contributed by atoms with Crippen LogP contribution in [0.1, 0.15) is 207 Å². The molecule has 0 radical (unpaired) electrons. The van der Waals surface area contributed by atoms with Crippen LogP contribution in [0.25, 0.3) is 0 Å². The zero-order chi connectivity index (χ0) is 54.4. The molecular formula is C53H92N2O17. The predicted molar refractivity (Wildman–Crippen MR) is 270 cm³/mol. The molecule has 0 saturated heterocycles. The van der Waals surface area contributed by atoms with Gasteiger partial charge < -0.3 is 45.6 Å². The lowest BCUT2D eigenvalue weighted by Gasteiger charge is -2.14. The van der Waals surface area contributed by atoms with Crippen molar-refractivity contribution in [1.82, 2.24) is 10.6 Å². The Morgan fingerprint density at radius 1 is 0.431 bits per heavy atom. The Morgan fingerprint density at radius 3 is 1.28 bits per heavy atom. The molecule has 19 heteroatoms. The smallest absolute Gasteiger partial charge is 0.306 e. The molecule has 0 spiro atoms. The summed E-state index contributed by atoms with van der Waals surface area (Å²) in [5, 5.41) is 51.0. The topological polar surface area (TPSA) is 314 Å². The van der Waals surface area contributed by atoms with E-state index in [0.29, 0.717) is 64.8 Å². The number of carbonyl (C=O) groups excluding carboxylic acids is 6. The Balaban J connectivity index is 0. The molecule has 0 saturated carbocycles. The number of amides is 2. The van der Waals surface area contributed by atoms with Crippen LogP contribution in [0.15, 0.2) is 0 Å². The fourth-order valence-corrected chi connectivity index (χ4v) is 7.98. The minimum Gasteiger partial charge on any atom is -0.481 e. The van der Waals surface area contributed by atoms with Crippen LogP contribution in [0.2, 0.25) is 0 Å². The molecular weight excluding hydrogens is 937 g/mol. The lowest BCUT2D eigenvalue weighted by molar-refractivity contribution is -0.146. The number of aliphatic carboxylic acids is 4. The van der Waals surface area contributed by atoms with Crippen molar-refractivity contribution >= 4 is 58.8 Å². The van der Waals surface area contributed by atoms with Crippen LogP contribution in [-0.4, -0.2) is 130 Å². The molecule has 416 valence electrons. The highest BCUT2D eigenvalue weighted by molar-refractivity contribution is 5.87. The highest BCUT2D eigenvalue weighted by atomic mass is 16.5. The highest BCUT2D eigenvalue weighted by Gasteiger charge is 2.26. The highest BCUT2D eigenvalue weighted by Crippen LogP contribution is 2.20. The maximum atomic E-state index is 12.4. The number of hydrogen-bond acceptors (Lipinski definition) is 13. The van der Waals surface area contributed by atoms with Crippen molar-refractivity contribution in [3.63, 3.8) is 0 Å². The first-order chi connectivity index (χ1) is 34.4. The monoisotopic (exact) mass is 1030 g/mol. The molecule has 7 N–H and O–H groups in total. The second kappa shape index (κ2) is 47.4. The molecule has 0 aromatic carbocycles. The number of carboxylic acid groups (broad SMARTS) is 4. The fraction of sp³-hybridized carbons (Fsp3) is 0.811. The van der Waals surface area contributed by atoms with E-state index >= 15 is 0 Å². The summed E-state index contributed by atoms with van der Waals surface area (Å²) in [6.45, 7) is 6.70. The van der Waals surface area contributed by atoms with Gasteiger partial charge in [-0.25, -0.2) is 0 Å². The predicted octanol–water partition coefficient (Wildman–Crippen LogP) is 7.68. The Labute approximate surface area is 428 Å². The third-order valence-electron chi connectivity index (χ3n) is 12.4. The summed E-state index contributed by atoms with van der Waals surface area (Å²) in [5.41, 5.74) is 0. The summed E-state index contributed by atoms with van der Waals surface area (Å²) in [6, 6.07) is 0. The number of Topliss-reactive ketones (excluding diaryl/α,β-unsaturated/α-hetero) is 4. The third-order valence-corrected chi connectivity index (χ3v) is 12.4. The summed E-state index contributed by atoms with van der Waals surface area (Å²) < 4.78 is 10.2. The van der Waals surface area contributed by atoms with E-state index in [1.165, 1.54) is 51.4 Å². The second-order valence-electron chi connectivity index (χ2n) is 18.6. The SMILES string of the molecule is CCNC(=O)CC[C@H](CC(=O)CCCCCCCCCCCCCCCCC(=O)O)C(=O)O.CCOCCOCC(=O)C[C@@H](CCC(=O)CC(CCC(=O)NCCCC[C@H](CC)C(=O)CO)C(=O)O)C(=O)O. The van der Waals surface area contributed by atoms with Gasteiger partial charge in [0.15, 0.2) is 11.6 Å². The molecule has 0 bridgehead atoms. The van der Waals surface area contributed by atoms with Crippen molar-refractivity contribution in [1.29, 1.82) is 0 Å². The van der Waals surface area contributed by atoms with Crippen LogP contribution in [0.4, 0.5) is 0 Å². The van der Waals surface area contributed by atoms with E-state index in [0.717, 1.165) is 38.5 Å². The van der Waals surface area contributed by atoms with Gasteiger partial charge in [0.2, 0.25) is 11.8 Å². The first kappa shape index (κ1) is 69.5. The maximum absolute atomic E-state index is 12.4. The molecule has 4 atom stereocenters. The van der Waals surface area contributed by atoms with Crippen LogP contribution < -0.4 is 10.6 Å². The van der Waals surface area contributed by atoms with Gasteiger partial charge in [0.1, 0.15) is 24.8 Å². The molecule has 0 aliphatic carbocycles. The van der Waals surface area contributed by atoms with E-state index in [1.54, 1.807) is 0 Å². The maximum Gasteiger partial charge on any atom is 0.306 e. The van der Waals surface area contributed by atoms with Crippen molar-refractivity contribution < 1.29 is 83.0 Å². The van der Waals surface area contributed by atoms with Gasteiger partial charge in [-0.3, -0.25) is 47.9 Å². The Morgan fingerprint density at radius 2 is 0.847 bits per heavy atom. The summed E-state index contributed by atoms with van der Waals surface area (Å²) >= 11 is 0. The van der Waals surface area contributed by atoms with Gasteiger partial charge >= 0.3 is 23.9 Å². The van der Waals surface area contributed by atoms with Gasteiger partial charge in [-0.05, 0) is 65.2 Å². The number of nitrogens with one attached hydrogen (secondary N) is 2. The molecule has 0 aromatic heterocycles. The van der Waals surface area contributed by atoms with Crippen LogP contribution in [-0.2, 0) is 57.4 Å². The average molecular weight is 1030 g/mol. The number of aliphatic hydroxyl groups excluding tert-OH is 1. The molecule has 0 rings (SSSR count). The quantitative estimate of drug-likeness (QED) is 0.0287. The lowest BCUT2D eigenvalue weighted by atomic mass is 9.91. The van der Waals surface area contributed by atoms with Gasteiger partial charge in [-0.15, -0.1) is 0 Å². The van der Waals surface area contributed by atoms with E-state index in [4.69, 9.17) is 19.7 Å². The van der Waals surface area contributed by atoms with Gasteiger partial charge in [-0.1, -0.05) is 90.4 Å². The van der Waals surface area contributed by atoms with Crippen LogP contribution in [0, 0.1) is 23.7 Å². The molecule has 0 aliphatic heterocycles. The number of carbonyl (C=O) groups is 10. The molecule has 2 amide bonds. The zero-order valence-corrected chi connectivity index (χ0v) is 43.9. The number of rotatable bonds is 50. The van der Waals surface area contributed by atoms with Crippen LogP contribution >= 0.6 is 0 Å². The molecule has 0 heterocycles. The van der Waals surface area contributed by atoms with Crippen molar-refractivity contribution in [2.45, 2.75) is 207 Å². The number of aliphatic hydroxyl groups is 1. The second-order valence-corrected chi connectivity index (χ2v) is 18.6. The van der Waals surface area contributed by atoms with Crippen molar-refractivity contribution in [3.05, 3.63) is 0 Å². The van der Waals surface area contributed by atoms with Crippen molar-refractivity contribution in [2.24, 2.45) is 23.7 Å². The summed E-state index contributed by atoms with van der Waals surface area (Å²) in [6.07, 6.45) is 18.5. The largest absolute Gasteiger partial charge is 0.481 e. The minimum absolute atomic E-state index is 0.0137. The Bertz CT molecular complexity index is 1550. The molecule has 19 nitrogen and oxygen atoms in total. The number of hydrogen-bond donors (Lipinski definition) is 7. The number of ether oxygens (including phenoxy) is 2. The van der Waals surface area contributed by atoms with E-state index in [2.05, 4.69) is 10.6 Å². The van der Waals surface area contributed by atoms with Crippen molar-refractivity contribution in [2.75, 3.05) is 46.1 Å². The third kappa shape index (κ3) is 43.0. The van der Waals surface area contributed by atoms with E-state index in [1.807, 2.05) is 20.8 Å². The Hall–Kier alpha value is -4.62. The van der Waals surface area contributed by atoms with Gasteiger partial charge in [-0.2, -0.15) is 0 Å². The molecule has 0 aliphatic rings. The van der Waals surface area contributed by atoms with Gasteiger partial charge in [0.05, 0.1) is 31.0 Å². The lowest BCUT2D eigenvalue weighted by Crippen LogP contribution is -2.27. The minimum atomic E-state index is -1.22. The average Bonchev–Trinajstić information content (AvgIpc) is 3.33. The van der Waals surface area contributed by atoms with Crippen LogP contribution in [0.5, 0.6) is 0 Å². The molecule has 72 heavy (non-hydrogen) atoms. The number of unbranched alkanes of at least 4 members (excludes halogenated alkanes) is 14. The zero-order valence-electron chi connectivity index (χ0n) is 43.9. The van der Waals surface area contributed by atoms with Crippen LogP contribution in [0.3, 0.4) is 0 Å². The molecule has 0 aromatic rings. The standard InChI is InChI=1S/C27H45NO11.C26H47NO6/c1-3-19(24(32)17-29)7-5-6-12-28-25(33)11-9-21(27(36)37)15-22(30)10-8-20(26(34)35)16-23(31)18-39-14-13-38-4-2;1-2-27-24(29)20-19-22(26(32)33)21-23(28)17-15-13-11-9-7-5-3-4-6-8-10-12-14-16-18-25(30)31/h19-21,29H,3-18H2,1-2H3,(H,28,33)(H,34,35)(H,36,37);22H,2-21H2,1H3,(H,27,29)(H,30,31)(H,32,33)/t19-,20+,21?;22-/m01/s1. The summed E-state index contributed by atoms with van der Waals surface area (Å²) in [4.78, 5) is 116. The molecule has 1 unspecified atom stereocenters. The normalized spacial score (nSPS) is 12.6. The number of ketones is 4.